The van der Waals surface area contributed by atoms with Gasteiger partial charge in [0.2, 0.25) is 0 Å². The van der Waals surface area contributed by atoms with Crippen LogP contribution in [0, 0.1) is 0 Å². The zero-order valence-electron chi connectivity index (χ0n) is 8.04. The predicted molar refractivity (Wildman–Crippen MR) is 50.6 cm³/mol. The van der Waals surface area contributed by atoms with E-state index < -0.39 is 24.3 Å². The monoisotopic (exact) mass is 218 g/mol. The Morgan fingerprint density at radius 3 is 2.27 bits per heavy atom. The molecule has 15 heavy (non-hydrogen) atoms. The Morgan fingerprint density at radius 2 is 1.87 bits per heavy atom. The maximum absolute atomic E-state index is 12.5. The second-order valence-electron chi connectivity index (χ2n) is 3.15. The molecule has 0 amide bonds. The van der Waals surface area contributed by atoms with Crippen LogP contribution in [0.1, 0.15) is 18.1 Å². The van der Waals surface area contributed by atoms with E-state index in [1.165, 1.54) is 6.07 Å². The second-order valence-corrected chi connectivity index (χ2v) is 3.15. The molecule has 2 N–H and O–H groups in total. The topological polar surface area (TPSA) is 40.5 Å². The lowest BCUT2D eigenvalue weighted by Gasteiger charge is -2.13. The molecule has 0 radical (unpaired) electrons. The first kappa shape index (κ1) is 12.1. The third kappa shape index (κ3) is 2.73. The van der Waals surface area contributed by atoms with Gasteiger partial charge in [0.05, 0.1) is 5.56 Å². The van der Waals surface area contributed by atoms with Gasteiger partial charge in [-0.15, -0.1) is 0 Å². The van der Waals surface area contributed by atoms with Crippen LogP contribution < -0.4 is 5.46 Å². The van der Waals surface area contributed by atoms with E-state index in [-0.39, 0.29) is 0 Å². The SMILES string of the molecule is CCc1ccc(B(O)O)c(C(F)(F)F)c1. The van der Waals surface area contributed by atoms with Gasteiger partial charge in [-0.25, -0.2) is 0 Å². The highest BCUT2D eigenvalue weighted by molar-refractivity contribution is 6.59. The summed E-state index contributed by atoms with van der Waals surface area (Å²) in [6.07, 6.45) is -4.10. The molecule has 0 bridgehead atoms. The van der Waals surface area contributed by atoms with Gasteiger partial charge in [-0.2, -0.15) is 13.2 Å². The number of aryl methyl sites for hydroxylation is 1. The molecule has 1 aromatic carbocycles. The fourth-order valence-corrected chi connectivity index (χ4v) is 1.29. The van der Waals surface area contributed by atoms with Crippen molar-refractivity contribution in [2.75, 3.05) is 0 Å². The molecule has 0 atom stereocenters. The molecule has 0 aliphatic heterocycles. The lowest BCUT2D eigenvalue weighted by molar-refractivity contribution is -0.136. The van der Waals surface area contributed by atoms with Gasteiger partial charge >= 0.3 is 13.3 Å². The molecule has 6 heteroatoms. The van der Waals surface area contributed by atoms with Gasteiger partial charge in [0, 0.05) is 0 Å². The first-order valence-electron chi connectivity index (χ1n) is 4.42. The van der Waals surface area contributed by atoms with Crippen LogP contribution in [0.15, 0.2) is 18.2 Å². The van der Waals surface area contributed by atoms with Crippen LogP contribution in [0.5, 0.6) is 0 Å². The Labute approximate surface area is 85.5 Å². The van der Waals surface area contributed by atoms with Crippen LogP contribution in [0.25, 0.3) is 0 Å². The van der Waals surface area contributed by atoms with Gasteiger partial charge in [0.25, 0.3) is 0 Å². The van der Waals surface area contributed by atoms with Gasteiger partial charge in [0.1, 0.15) is 0 Å². The lowest BCUT2D eigenvalue weighted by Crippen LogP contribution is -2.36. The van der Waals surface area contributed by atoms with Crippen molar-refractivity contribution in [2.45, 2.75) is 19.5 Å². The summed E-state index contributed by atoms with van der Waals surface area (Å²) < 4.78 is 37.5. The average molecular weight is 218 g/mol. The van der Waals surface area contributed by atoms with Crippen molar-refractivity contribution in [1.82, 2.24) is 0 Å². The number of hydrogen-bond donors (Lipinski definition) is 2. The smallest absolute Gasteiger partial charge is 0.423 e. The van der Waals surface area contributed by atoms with E-state index in [0.29, 0.717) is 12.0 Å². The van der Waals surface area contributed by atoms with Crippen molar-refractivity contribution in [3.05, 3.63) is 29.3 Å². The number of rotatable bonds is 2. The molecular weight excluding hydrogens is 208 g/mol. The molecule has 2 nitrogen and oxygen atoms in total. The first-order valence-corrected chi connectivity index (χ1v) is 4.42. The highest BCUT2D eigenvalue weighted by Gasteiger charge is 2.36. The van der Waals surface area contributed by atoms with Crippen LogP contribution in [0.4, 0.5) is 13.2 Å². The zero-order valence-corrected chi connectivity index (χ0v) is 8.04. The van der Waals surface area contributed by atoms with Crippen LogP contribution >= 0.6 is 0 Å². The second kappa shape index (κ2) is 4.24. The normalized spacial score (nSPS) is 11.6. The van der Waals surface area contributed by atoms with Crippen LogP contribution in [-0.4, -0.2) is 17.2 Å². The van der Waals surface area contributed by atoms with Gasteiger partial charge in [-0.3, -0.25) is 0 Å². The molecule has 1 rings (SSSR count). The van der Waals surface area contributed by atoms with Crippen molar-refractivity contribution >= 4 is 12.6 Å². The molecular formula is C9H10BF3O2. The maximum Gasteiger partial charge on any atom is 0.489 e. The largest absolute Gasteiger partial charge is 0.489 e. The molecule has 82 valence electrons. The summed E-state index contributed by atoms with van der Waals surface area (Å²) in [4.78, 5) is 0. The first-order chi connectivity index (χ1) is 6.86. The molecule has 0 aliphatic carbocycles. The summed E-state index contributed by atoms with van der Waals surface area (Å²) in [5, 5.41) is 17.6. The summed E-state index contributed by atoms with van der Waals surface area (Å²) in [5.41, 5.74) is -0.997. The molecule has 0 saturated carbocycles. The number of hydrogen-bond acceptors (Lipinski definition) is 2. The lowest BCUT2D eigenvalue weighted by atomic mass is 9.76. The fourth-order valence-electron chi connectivity index (χ4n) is 1.29. The third-order valence-electron chi connectivity index (χ3n) is 2.11. The van der Waals surface area contributed by atoms with Crippen LogP contribution in [0.3, 0.4) is 0 Å². The summed E-state index contributed by atoms with van der Waals surface area (Å²) in [5.74, 6) is 0. The standard InChI is InChI=1S/C9H10BF3O2/c1-2-6-3-4-8(10(14)15)7(5-6)9(11,12)13/h3-5,14-15H,2H2,1H3. The minimum absolute atomic E-state index is 0.463. The number of benzene rings is 1. The molecule has 0 unspecified atom stereocenters. The minimum Gasteiger partial charge on any atom is -0.423 e. The Balaban J connectivity index is 3.29. The molecule has 1 aromatic rings. The van der Waals surface area contributed by atoms with Crippen molar-refractivity contribution < 1.29 is 23.2 Å². The van der Waals surface area contributed by atoms with E-state index in [9.17, 15) is 13.2 Å². The van der Waals surface area contributed by atoms with Crippen LogP contribution in [-0.2, 0) is 12.6 Å². The van der Waals surface area contributed by atoms with Crippen LogP contribution in [0.2, 0.25) is 0 Å². The number of alkyl halides is 3. The summed E-state index contributed by atoms with van der Waals surface area (Å²) in [6, 6.07) is 3.48. The van der Waals surface area contributed by atoms with Crippen molar-refractivity contribution in [3.8, 4) is 0 Å². The van der Waals surface area contributed by atoms with E-state index in [2.05, 4.69) is 0 Å². The molecule has 0 saturated heterocycles. The number of halogens is 3. The fraction of sp³-hybridized carbons (Fsp3) is 0.333. The Kier molecular flexibility index (Phi) is 3.41. The highest BCUT2D eigenvalue weighted by Crippen LogP contribution is 2.28. The Bertz CT molecular complexity index is 350. The van der Waals surface area contributed by atoms with E-state index in [1.54, 1.807) is 6.92 Å². The van der Waals surface area contributed by atoms with E-state index in [0.717, 1.165) is 12.1 Å². The quantitative estimate of drug-likeness (QED) is 0.725. The Morgan fingerprint density at radius 1 is 1.27 bits per heavy atom. The molecule has 0 aliphatic rings. The molecule has 0 spiro atoms. The van der Waals surface area contributed by atoms with Gasteiger partial charge in [-0.1, -0.05) is 19.1 Å². The summed E-state index contributed by atoms with van der Waals surface area (Å²) in [7, 11) is -2.10. The molecule has 0 aromatic heterocycles. The van der Waals surface area contributed by atoms with E-state index >= 15 is 0 Å². The average Bonchev–Trinajstić information content (AvgIpc) is 2.15. The highest BCUT2D eigenvalue weighted by atomic mass is 19.4. The predicted octanol–water partition coefficient (Wildman–Crippen LogP) is 0.948. The third-order valence-corrected chi connectivity index (χ3v) is 2.11. The Hall–Kier alpha value is -1.01. The van der Waals surface area contributed by atoms with Crippen molar-refractivity contribution in [2.24, 2.45) is 0 Å². The van der Waals surface area contributed by atoms with Crippen molar-refractivity contribution in [3.63, 3.8) is 0 Å². The zero-order chi connectivity index (χ0) is 11.6. The maximum atomic E-state index is 12.5. The van der Waals surface area contributed by atoms with Gasteiger partial charge in [0.15, 0.2) is 0 Å². The molecule has 0 fully saturated rings. The van der Waals surface area contributed by atoms with Gasteiger partial charge in [-0.05, 0) is 23.5 Å². The van der Waals surface area contributed by atoms with Crippen molar-refractivity contribution in [1.29, 1.82) is 0 Å². The summed E-state index contributed by atoms with van der Waals surface area (Å²) in [6.45, 7) is 1.73. The minimum atomic E-state index is -4.57. The van der Waals surface area contributed by atoms with Gasteiger partial charge < -0.3 is 10.0 Å². The van der Waals surface area contributed by atoms with E-state index in [1.807, 2.05) is 0 Å². The van der Waals surface area contributed by atoms with E-state index in [4.69, 9.17) is 10.0 Å². The molecule has 0 heterocycles. The summed E-state index contributed by atoms with van der Waals surface area (Å²) >= 11 is 0.